The van der Waals surface area contributed by atoms with Gasteiger partial charge in [0.2, 0.25) is 0 Å². The van der Waals surface area contributed by atoms with Crippen molar-refractivity contribution in [3.05, 3.63) is 35.0 Å². The zero-order valence-electron chi connectivity index (χ0n) is 13.9. The number of aliphatic hydroxyl groups is 1. The van der Waals surface area contributed by atoms with Gasteiger partial charge < -0.3 is 5.11 Å². The largest absolute Gasteiger partial charge is 0.396 e. The van der Waals surface area contributed by atoms with Crippen molar-refractivity contribution in [1.29, 1.82) is 0 Å². The lowest BCUT2D eigenvalue weighted by Crippen LogP contribution is -1.84. The zero-order valence-corrected chi connectivity index (χ0v) is 14.7. The Morgan fingerprint density at radius 2 is 1.57 bits per heavy atom. The fraction of sp³-hybridized carbons (Fsp3) is 0.684. The molecule has 1 aromatic rings. The molecule has 0 radical (unpaired) electrons. The average molecular weight is 311 g/mol. The van der Waals surface area contributed by atoms with Crippen LogP contribution in [-0.4, -0.2) is 11.7 Å². The summed E-state index contributed by atoms with van der Waals surface area (Å²) in [5.74, 6) is 0. The molecule has 0 spiro atoms. The molecule has 0 aromatic carbocycles. The van der Waals surface area contributed by atoms with Crippen LogP contribution in [0.3, 0.4) is 0 Å². The lowest BCUT2D eigenvalue weighted by molar-refractivity contribution is 0.282. The Morgan fingerprint density at radius 3 is 2.00 bits per heavy atom. The van der Waals surface area contributed by atoms with E-state index in [0.29, 0.717) is 6.61 Å². The molecule has 122 valence electrons. The number of allylic oxidation sites excluding steroid dienone is 1. The third-order valence-electron chi connectivity index (χ3n) is 3.44. The summed E-state index contributed by atoms with van der Waals surface area (Å²) in [7, 11) is 0. The monoisotopic (exact) mass is 310 g/mol. The highest BCUT2D eigenvalue weighted by atomic mass is 32.1. The van der Waals surface area contributed by atoms with E-state index >= 15 is 0 Å². The van der Waals surface area contributed by atoms with Gasteiger partial charge in [0.25, 0.3) is 0 Å². The van der Waals surface area contributed by atoms with Crippen molar-refractivity contribution >= 4 is 11.3 Å². The molecule has 1 nitrogen and oxygen atoms in total. The summed E-state index contributed by atoms with van der Waals surface area (Å²) in [4.78, 5) is 1.39. The minimum atomic E-state index is 0.372. The predicted octanol–water partition coefficient (Wildman–Crippen LogP) is 6.38. The van der Waals surface area contributed by atoms with Gasteiger partial charge in [0.15, 0.2) is 0 Å². The summed E-state index contributed by atoms with van der Waals surface area (Å²) in [6.07, 6.45) is 16.2. The Kier molecular flexibility index (Phi) is 17.0. The summed E-state index contributed by atoms with van der Waals surface area (Å²) in [6.45, 7) is 6.27. The quantitative estimate of drug-likeness (QED) is 0.351. The number of thiophene rings is 1. The summed E-state index contributed by atoms with van der Waals surface area (Å²) in [6, 6.07) is 4.18. The van der Waals surface area contributed by atoms with Gasteiger partial charge >= 0.3 is 0 Å². The molecule has 1 N–H and O–H groups in total. The topological polar surface area (TPSA) is 20.2 Å². The molecule has 1 heterocycles. The molecule has 21 heavy (non-hydrogen) atoms. The van der Waals surface area contributed by atoms with Crippen molar-refractivity contribution in [2.24, 2.45) is 0 Å². The first-order valence-corrected chi connectivity index (χ1v) is 9.47. The van der Waals surface area contributed by atoms with Crippen molar-refractivity contribution in [2.45, 2.75) is 77.6 Å². The summed E-state index contributed by atoms with van der Waals surface area (Å²) in [5.41, 5.74) is 0. The highest BCUT2D eigenvalue weighted by Gasteiger charge is 1.91. The van der Waals surface area contributed by atoms with Crippen LogP contribution in [0.5, 0.6) is 0 Å². The van der Waals surface area contributed by atoms with Crippen molar-refractivity contribution in [2.75, 3.05) is 6.61 Å². The van der Waals surface area contributed by atoms with Crippen molar-refractivity contribution in [3.8, 4) is 0 Å². The lowest BCUT2D eigenvalue weighted by atomic mass is 10.1. The Bertz CT molecular complexity index is 283. The van der Waals surface area contributed by atoms with E-state index in [2.05, 4.69) is 31.0 Å². The molecule has 0 aliphatic heterocycles. The highest BCUT2D eigenvalue weighted by Crippen LogP contribution is 2.10. The van der Waals surface area contributed by atoms with Gasteiger partial charge in [-0.15, -0.1) is 17.9 Å². The third kappa shape index (κ3) is 15.6. The fourth-order valence-electron chi connectivity index (χ4n) is 2.17. The van der Waals surface area contributed by atoms with Gasteiger partial charge in [0, 0.05) is 11.5 Å². The van der Waals surface area contributed by atoms with Gasteiger partial charge in [0.05, 0.1) is 0 Å². The molecule has 0 amide bonds. The lowest BCUT2D eigenvalue weighted by Gasteiger charge is -2.00. The minimum absolute atomic E-state index is 0.372. The molecule has 1 rings (SSSR count). The van der Waals surface area contributed by atoms with Crippen molar-refractivity contribution < 1.29 is 5.11 Å². The average Bonchev–Trinajstić information content (AvgIpc) is 3.00. The normalized spacial score (nSPS) is 10.0. The SMILES string of the molecule is C=CCc1cccs1.CCCCCCCCCCCCO. The van der Waals surface area contributed by atoms with Crippen LogP contribution >= 0.6 is 11.3 Å². The molecule has 0 aliphatic rings. The second-order valence-corrected chi connectivity index (χ2v) is 6.51. The maximum Gasteiger partial charge on any atom is 0.0431 e. The third-order valence-corrected chi connectivity index (χ3v) is 4.34. The number of hydrogen-bond acceptors (Lipinski definition) is 2. The Balaban J connectivity index is 0.000000423. The Morgan fingerprint density at radius 1 is 1.00 bits per heavy atom. The van der Waals surface area contributed by atoms with Gasteiger partial charge in [0.1, 0.15) is 0 Å². The van der Waals surface area contributed by atoms with E-state index in [1.807, 2.05) is 6.08 Å². The molecule has 0 saturated heterocycles. The van der Waals surface area contributed by atoms with Gasteiger partial charge in [-0.05, 0) is 24.3 Å². The maximum absolute atomic E-state index is 8.57. The fourth-order valence-corrected chi connectivity index (χ4v) is 2.87. The number of aliphatic hydroxyl groups excluding tert-OH is 1. The van der Waals surface area contributed by atoms with Crippen LogP contribution in [0.1, 0.15) is 76.0 Å². The molecular weight excluding hydrogens is 276 g/mol. The summed E-state index contributed by atoms with van der Waals surface area (Å²) >= 11 is 1.78. The highest BCUT2D eigenvalue weighted by molar-refractivity contribution is 7.09. The van der Waals surface area contributed by atoms with Crippen LogP contribution in [0.15, 0.2) is 30.2 Å². The molecule has 0 fully saturated rings. The van der Waals surface area contributed by atoms with Gasteiger partial charge in [-0.25, -0.2) is 0 Å². The van der Waals surface area contributed by atoms with Crippen LogP contribution in [0, 0.1) is 0 Å². The summed E-state index contributed by atoms with van der Waals surface area (Å²) < 4.78 is 0. The summed E-state index contributed by atoms with van der Waals surface area (Å²) in [5, 5.41) is 10.6. The standard InChI is InChI=1S/C12H26O.C7H8S/c1-2-3-4-5-6-7-8-9-10-11-12-13;1-2-4-7-5-3-6-8-7/h13H,2-12H2,1H3;2-3,5-6H,1,4H2. The van der Waals surface area contributed by atoms with E-state index in [1.165, 1.54) is 62.7 Å². The number of hydrogen-bond donors (Lipinski definition) is 1. The van der Waals surface area contributed by atoms with E-state index in [1.54, 1.807) is 11.3 Å². The predicted molar refractivity (Wildman–Crippen MR) is 97.1 cm³/mol. The molecule has 1 aromatic heterocycles. The number of unbranched alkanes of at least 4 members (excludes halogenated alkanes) is 9. The second-order valence-electron chi connectivity index (χ2n) is 5.48. The maximum atomic E-state index is 8.57. The van der Waals surface area contributed by atoms with E-state index in [-0.39, 0.29) is 0 Å². The van der Waals surface area contributed by atoms with E-state index in [9.17, 15) is 0 Å². The van der Waals surface area contributed by atoms with Crippen LogP contribution in [0.25, 0.3) is 0 Å². The van der Waals surface area contributed by atoms with Gasteiger partial charge in [-0.1, -0.05) is 76.9 Å². The molecule has 0 unspecified atom stereocenters. The van der Waals surface area contributed by atoms with E-state index in [4.69, 9.17) is 5.11 Å². The zero-order chi connectivity index (χ0) is 15.6. The van der Waals surface area contributed by atoms with Crippen LogP contribution in [0.4, 0.5) is 0 Å². The van der Waals surface area contributed by atoms with Crippen molar-refractivity contribution in [1.82, 2.24) is 0 Å². The van der Waals surface area contributed by atoms with Crippen LogP contribution in [0.2, 0.25) is 0 Å². The minimum Gasteiger partial charge on any atom is -0.396 e. The van der Waals surface area contributed by atoms with Gasteiger partial charge in [-0.3, -0.25) is 0 Å². The Hall–Kier alpha value is -0.600. The molecule has 0 aliphatic carbocycles. The molecule has 0 saturated carbocycles. The molecule has 0 bridgehead atoms. The van der Waals surface area contributed by atoms with Crippen LogP contribution < -0.4 is 0 Å². The molecule has 0 atom stereocenters. The molecular formula is C19H34OS. The van der Waals surface area contributed by atoms with E-state index < -0.39 is 0 Å². The van der Waals surface area contributed by atoms with E-state index in [0.717, 1.165) is 12.8 Å². The Labute approximate surface area is 136 Å². The smallest absolute Gasteiger partial charge is 0.0431 e. The van der Waals surface area contributed by atoms with Gasteiger partial charge in [-0.2, -0.15) is 0 Å². The first-order chi connectivity index (χ1) is 10.3. The van der Waals surface area contributed by atoms with Crippen LogP contribution in [-0.2, 0) is 6.42 Å². The first-order valence-electron chi connectivity index (χ1n) is 8.59. The van der Waals surface area contributed by atoms with Crippen molar-refractivity contribution in [3.63, 3.8) is 0 Å². The second kappa shape index (κ2) is 17.5. The first kappa shape index (κ1) is 20.4. The number of rotatable bonds is 12. The molecule has 2 heteroatoms.